The highest BCUT2D eigenvalue weighted by molar-refractivity contribution is 7.89. The molecular formula is C22H29N3O3S. The number of rotatable bonds is 6. The van der Waals surface area contributed by atoms with Crippen molar-refractivity contribution in [3.63, 3.8) is 0 Å². The van der Waals surface area contributed by atoms with E-state index in [1.165, 1.54) is 0 Å². The Hall–Kier alpha value is -2.22. The van der Waals surface area contributed by atoms with Crippen LogP contribution in [-0.2, 0) is 14.8 Å². The van der Waals surface area contributed by atoms with Crippen LogP contribution in [0.2, 0.25) is 0 Å². The van der Waals surface area contributed by atoms with Crippen LogP contribution in [0.15, 0.2) is 53.4 Å². The third-order valence-electron chi connectivity index (χ3n) is 5.34. The van der Waals surface area contributed by atoms with E-state index < -0.39 is 10.0 Å². The third kappa shape index (κ3) is 5.23. The number of amides is 1. The number of carbonyl (C=O) groups is 1. The van der Waals surface area contributed by atoms with Gasteiger partial charge in [0.05, 0.1) is 10.9 Å². The van der Waals surface area contributed by atoms with Gasteiger partial charge in [0.15, 0.2) is 0 Å². The predicted molar refractivity (Wildman–Crippen MR) is 114 cm³/mol. The molecule has 0 spiro atoms. The van der Waals surface area contributed by atoms with Crippen LogP contribution in [0.25, 0.3) is 0 Å². The minimum absolute atomic E-state index is 0.0154. The van der Waals surface area contributed by atoms with Crippen molar-refractivity contribution in [1.29, 1.82) is 0 Å². The molecule has 0 bridgehead atoms. The Morgan fingerprint density at radius 3 is 2.52 bits per heavy atom. The summed E-state index contributed by atoms with van der Waals surface area (Å²) in [6.07, 6.45) is 0.136. The first-order valence-electron chi connectivity index (χ1n) is 9.88. The van der Waals surface area contributed by atoms with Gasteiger partial charge in [-0.3, -0.25) is 4.79 Å². The molecule has 0 radical (unpaired) electrons. The molecule has 1 N–H and O–H groups in total. The zero-order chi connectivity index (χ0) is 21.0. The van der Waals surface area contributed by atoms with Gasteiger partial charge in [-0.25, -0.2) is 13.1 Å². The van der Waals surface area contributed by atoms with E-state index in [-0.39, 0.29) is 29.8 Å². The fraction of sp³-hybridized carbons (Fsp3) is 0.409. The van der Waals surface area contributed by atoms with Crippen molar-refractivity contribution in [1.82, 2.24) is 14.5 Å². The van der Waals surface area contributed by atoms with Gasteiger partial charge in [-0.1, -0.05) is 48.0 Å². The van der Waals surface area contributed by atoms with Crippen molar-refractivity contribution >= 4 is 15.9 Å². The molecule has 0 aromatic heterocycles. The van der Waals surface area contributed by atoms with Crippen molar-refractivity contribution in [2.45, 2.75) is 31.2 Å². The lowest BCUT2D eigenvalue weighted by Crippen LogP contribution is -2.49. The van der Waals surface area contributed by atoms with Gasteiger partial charge < -0.3 is 9.80 Å². The highest BCUT2D eigenvalue weighted by atomic mass is 32.2. The summed E-state index contributed by atoms with van der Waals surface area (Å²) in [5.41, 5.74) is 2.81. The summed E-state index contributed by atoms with van der Waals surface area (Å²) in [6.45, 7) is 6.00. The number of sulfonamides is 1. The lowest BCUT2D eigenvalue weighted by atomic mass is 10.0. The molecule has 1 amide bonds. The van der Waals surface area contributed by atoms with Crippen LogP contribution >= 0.6 is 0 Å². The predicted octanol–water partition coefficient (Wildman–Crippen LogP) is 2.49. The normalized spacial score (nSPS) is 18.0. The maximum absolute atomic E-state index is 12.9. The summed E-state index contributed by atoms with van der Waals surface area (Å²) < 4.78 is 27.8. The molecule has 6 nitrogen and oxygen atoms in total. The minimum atomic E-state index is -3.64. The highest BCUT2D eigenvalue weighted by Crippen LogP contribution is 2.25. The third-order valence-corrected chi connectivity index (χ3v) is 6.96. The van der Waals surface area contributed by atoms with Crippen molar-refractivity contribution in [2.24, 2.45) is 0 Å². The Bertz CT molecular complexity index is 961. The first-order chi connectivity index (χ1) is 13.8. The second-order valence-electron chi connectivity index (χ2n) is 7.69. The van der Waals surface area contributed by atoms with E-state index in [0.29, 0.717) is 12.1 Å². The standard InChI is InChI=1S/C22H29N3O3S/c1-17-9-10-21(18(2)15-17)29(27,28)23-12-11-22(26)25-14-13-24(3)16-20(25)19-7-5-4-6-8-19/h4-10,15,20,23H,11-14,16H2,1-3H3. The van der Waals surface area contributed by atoms with E-state index >= 15 is 0 Å². The summed E-state index contributed by atoms with van der Waals surface area (Å²) >= 11 is 0. The number of aryl methyl sites for hydroxylation is 2. The van der Waals surface area contributed by atoms with Gasteiger partial charge >= 0.3 is 0 Å². The molecule has 1 aliphatic heterocycles. The summed E-state index contributed by atoms with van der Waals surface area (Å²) in [6, 6.07) is 15.2. The van der Waals surface area contributed by atoms with Crippen LogP contribution in [0.4, 0.5) is 0 Å². The largest absolute Gasteiger partial charge is 0.333 e. The van der Waals surface area contributed by atoms with Gasteiger partial charge in [-0.2, -0.15) is 0 Å². The molecule has 3 rings (SSSR count). The quantitative estimate of drug-likeness (QED) is 0.787. The van der Waals surface area contributed by atoms with E-state index in [1.807, 2.05) is 48.2 Å². The second-order valence-corrected chi connectivity index (χ2v) is 9.43. The summed E-state index contributed by atoms with van der Waals surface area (Å²) in [4.78, 5) is 17.2. The molecule has 156 valence electrons. The van der Waals surface area contributed by atoms with Crippen LogP contribution in [0.5, 0.6) is 0 Å². The number of nitrogens with one attached hydrogen (secondary N) is 1. The number of hydrogen-bond donors (Lipinski definition) is 1. The minimum Gasteiger partial charge on any atom is -0.333 e. The summed E-state index contributed by atoms with van der Waals surface area (Å²) in [5, 5.41) is 0. The number of carbonyl (C=O) groups excluding carboxylic acids is 1. The molecule has 1 heterocycles. The lowest BCUT2D eigenvalue weighted by molar-refractivity contribution is -0.136. The van der Waals surface area contributed by atoms with Crippen molar-refractivity contribution in [2.75, 3.05) is 33.2 Å². The van der Waals surface area contributed by atoms with E-state index in [1.54, 1.807) is 19.1 Å². The molecule has 2 aromatic rings. The Balaban J connectivity index is 1.64. The zero-order valence-electron chi connectivity index (χ0n) is 17.3. The average molecular weight is 416 g/mol. The fourth-order valence-electron chi connectivity index (χ4n) is 3.79. The molecule has 1 saturated heterocycles. The molecular weight excluding hydrogens is 386 g/mol. The maximum Gasteiger partial charge on any atom is 0.240 e. The van der Waals surface area contributed by atoms with Crippen LogP contribution in [-0.4, -0.2) is 57.4 Å². The molecule has 1 fully saturated rings. The molecule has 29 heavy (non-hydrogen) atoms. The van der Waals surface area contributed by atoms with Gasteiger partial charge in [0.25, 0.3) is 0 Å². The number of piperazine rings is 1. The van der Waals surface area contributed by atoms with Gasteiger partial charge in [0.2, 0.25) is 15.9 Å². The maximum atomic E-state index is 12.9. The topological polar surface area (TPSA) is 69.7 Å². The van der Waals surface area contributed by atoms with Crippen LogP contribution in [0.3, 0.4) is 0 Å². The Morgan fingerprint density at radius 1 is 1.10 bits per heavy atom. The van der Waals surface area contributed by atoms with E-state index in [4.69, 9.17) is 0 Å². The Kier molecular flexibility index (Phi) is 6.72. The molecule has 0 saturated carbocycles. The molecule has 1 unspecified atom stereocenters. The van der Waals surface area contributed by atoms with Crippen LogP contribution in [0.1, 0.15) is 29.2 Å². The number of hydrogen-bond acceptors (Lipinski definition) is 4. The number of nitrogens with zero attached hydrogens (tertiary/aromatic N) is 2. The lowest BCUT2D eigenvalue weighted by Gasteiger charge is -2.40. The first-order valence-corrected chi connectivity index (χ1v) is 11.4. The van der Waals surface area contributed by atoms with Gasteiger partial charge in [-0.05, 0) is 38.1 Å². The zero-order valence-corrected chi connectivity index (χ0v) is 18.1. The highest BCUT2D eigenvalue weighted by Gasteiger charge is 2.30. The van der Waals surface area contributed by atoms with Crippen LogP contribution < -0.4 is 4.72 Å². The number of benzene rings is 2. The smallest absolute Gasteiger partial charge is 0.240 e. The van der Waals surface area contributed by atoms with Crippen LogP contribution in [0, 0.1) is 13.8 Å². The molecule has 7 heteroatoms. The van der Waals surface area contributed by atoms with Gasteiger partial charge in [0.1, 0.15) is 0 Å². The molecule has 0 aliphatic carbocycles. The fourth-order valence-corrected chi connectivity index (χ4v) is 5.05. The summed E-state index contributed by atoms with van der Waals surface area (Å²) in [5.74, 6) is -0.0321. The van der Waals surface area contributed by atoms with Gasteiger partial charge in [0, 0.05) is 32.6 Å². The molecule has 1 aliphatic rings. The number of likely N-dealkylation sites (N-methyl/N-ethyl adjacent to an activating group) is 1. The molecule has 2 aromatic carbocycles. The Labute approximate surface area is 173 Å². The molecule has 1 atom stereocenters. The van der Waals surface area contributed by atoms with Crippen molar-refractivity contribution < 1.29 is 13.2 Å². The van der Waals surface area contributed by atoms with E-state index in [0.717, 1.165) is 24.2 Å². The first kappa shape index (κ1) is 21.5. The van der Waals surface area contributed by atoms with Crippen molar-refractivity contribution in [3.8, 4) is 0 Å². The average Bonchev–Trinajstić information content (AvgIpc) is 2.68. The van der Waals surface area contributed by atoms with Crippen molar-refractivity contribution in [3.05, 3.63) is 65.2 Å². The monoisotopic (exact) mass is 415 g/mol. The van der Waals surface area contributed by atoms with E-state index in [2.05, 4.69) is 16.7 Å². The van der Waals surface area contributed by atoms with Gasteiger partial charge in [-0.15, -0.1) is 0 Å². The Morgan fingerprint density at radius 2 is 1.83 bits per heavy atom. The SMILES string of the molecule is Cc1ccc(S(=O)(=O)NCCC(=O)N2CCN(C)CC2c2ccccc2)c(C)c1. The van der Waals surface area contributed by atoms with E-state index in [9.17, 15) is 13.2 Å². The second kappa shape index (κ2) is 9.07. The summed E-state index contributed by atoms with van der Waals surface area (Å²) in [7, 11) is -1.59.